The van der Waals surface area contributed by atoms with E-state index in [1.165, 1.54) is 0 Å². The van der Waals surface area contributed by atoms with Gasteiger partial charge in [0.05, 0.1) is 12.2 Å². The minimum atomic E-state index is -0.292. The molecular weight excluding hydrogens is 116 g/mol. The molecule has 3 nitrogen and oxygen atoms in total. The maximum Gasteiger partial charge on any atom is 0.100 e. The third-order valence-corrected chi connectivity index (χ3v) is 1.68. The summed E-state index contributed by atoms with van der Waals surface area (Å²) in [6.07, 6.45) is 0.312. The van der Waals surface area contributed by atoms with E-state index in [0.29, 0.717) is 13.0 Å². The Morgan fingerprint density at radius 1 is 1.78 bits per heavy atom. The lowest BCUT2D eigenvalue weighted by molar-refractivity contribution is 0.182. The Bertz CT molecular complexity index is 140. The molecule has 9 heavy (non-hydrogen) atoms. The number of nitriles is 1. The van der Waals surface area contributed by atoms with Crippen LogP contribution in [-0.2, 0) is 0 Å². The van der Waals surface area contributed by atoms with Gasteiger partial charge in [-0.2, -0.15) is 5.26 Å². The van der Waals surface area contributed by atoms with Crippen LogP contribution in [0.4, 0.5) is 0 Å². The van der Waals surface area contributed by atoms with E-state index in [9.17, 15) is 0 Å². The third-order valence-electron chi connectivity index (χ3n) is 1.68. The number of aliphatic hydroxyl groups is 1. The number of nitrogens with zero attached hydrogens (tertiary/aromatic N) is 2. The molecule has 0 aromatic heterocycles. The maximum absolute atomic E-state index is 9.01. The molecule has 0 aliphatic carbocycles. The van der Waals surface area contributed by atoms with E-state index >= 15 is 0 Å². The molecule has 0 radical (unpaired) electrons. The van der Waals surface area contributed by atoms with Crippen molar-refractivity contribution in [2.75, 3.05) is 13.6 Å². The fraction of sp³-hybridized carbons (Fsp3) is 0.833. The summed E-state index contributed by atoms with van der Waals surface area (Å²) < 4.78 is 0. The average Bonchev–Trinajstić information content (AvgIpc) is 2.10. The molecule has 1 heterocycles. The van der Waals surface area contributed by atoms with Gasteiger partial charge >= 0.3 is 0 Å². The number of β-amino-alcohol motifs (C(OH)–C–C–N with tert-alkyl or cyclic N) is 1. The molecule has 1 fully saturated rings. The summed E-state index contributed by atoms with van der Waals surface area (Å²) in [4.78, 5) is 1.87. The molecule has 1 rings (SSSR count). The largest absolute Gasteiger partial charge is 0.392 e. The maximum atomic E-state index is 9.01. The van der Waals surface area contributed by atoms with Gasteiger partial charge in [-0.3, -0.25) is 4.90 Å². The number of likely N-dealkylation sites (N-methyl/N-ethyl adjacent to an activating group) is 1. The van der Waals surface area contributed by atoms with Gasteiger partial charge in [0, 0.05) is 13.0 Å². The molecule has 0 aromatic rings. The van der Waals surface area contributed by atoms with E-state index in [-0.39, 0.29) is 12.1 Å². The predicted octanol–water partition coefficient (Wildman–Crippen LogP) is -0.425. The second-order valence-electron chi connectivity index (χ2n) is 2.47. The summed E-state index contributed by atoms with van der Waals surface area (Å²) in [6, 6.07) is 2.04. The first-order valence-corrected chi connectivity index (χ1v) is 3.02. The van der Waals surface area contributed by atoms with E-state index in [2.05, 4.69) is 6.07 Å². The molecule has 1 aliphatic rings. The van der Waals surface area contributed by atoms with Crippen molar-refractivity contribution in [3.8, 4) is 6.07 Å². The van der Waals surface area contributed by atoms with Crippen LogP contribution in [0.3, 0.4) is 0 Å². The number of aliphatic hydroxyl groups excluding tert-OH is 1. The van der Waals surface area contributed by atoms with Crippen molar-refractivity contribution in [2.24, 2.45) is 0 Å². The molecule has 3 heteroatoms. The van der Waals surface area contributed by atoms with Crippen LogP contribution in [-0.4, -0.2) is 35.7 Å². The quantitative estimate of drug-likeness (QED) is 0.479. The van der Waals surface area contributed by atoms with Gasteiger partial charge in [-0.15, -0.1) is 0 Å². The minimum Gasteiger partial charge on any atom is -0.392 e. The van der Waals surface area contributed by atoms with E-state index in [1.807, 2.05) is 11.9 Å². The fourth-order valence-electron chi connectivity index (χ4n) is 1.12. The van der Waals surface area contributed by atoms with Crippen LogP contribution in [0.1, 0.15) is 6.42 Å². The fourth-order valence-corrected chi connectivity index (χ4v) is 1.12. The van der Waals surface area contributed by atoms with Crippen molar-refractivity contribution in [2.45, 2.75) is 18.6 Å². The second kappa shape index (κ2) is 2.34. The molecule has 0 amide bonds. The Kier molecular flexibility index (Phi) is 1.70. The van der Waals surface area contributed by atoms with Gasteiger partial charge in [-0.25, -0.2) is 0 Å². The molecule has 0 bridgehead atoms. The molecule has 1 aliphatic heterocycles. The SMILES string of the molecule is CN1C[C@H](O)C[C@H]1C#N. The molecule has 1 N–H and O–H groups in total. The van der Waals surface area contributed by atoms with Gasteiger partial charge in [-0.05, 0) is 7.05 Å². The lowest BCUT2D eigenvalue weighted by Gasteiger charge is -2.09. The highest BCUT2D eigenvalue weighted by Crippen LogP contribution is 2.13. The van der Waals surface area contributed by atoms with Crippen LogP contribution < -0.4 is 0 Å². The lowest BCUT2D eigenvalue weighted by Crippen LogP contribution is -2.23. The molecular formula is C6H10N2O. The van der Waals surface area contributed by atoms with E-state index in [0.717, 1.165) is 0 Å². The summed E-state index contributed by atoms with van der Waals surface area (Å²) >= 11 is 0. The van der Waals surface area contributed by atoms with Crippen LogP contribution in [0, 0.1) is 11.3 Å². The summed E-state index contributed by atoms with van der Waals surface area (Å²) in [7, 11) is 1.85. The van der Waals surface area contributed by atoms with Gasteiger partial charge < -0.3 is 5.11 Å². The Labute approximate surface area is 54.5 Å². The first kappa shape index (κ1) is 6.53. The summed E-state index contributed by atoms with van der Waals surface area (Å²) in [6.45, 7) is 0.637. The molecule has 0 saturated carbocycles. The van der Waals surface area contributed by atoms with Crippen molar-refractivity contribution in [3.63, 3.8) is 0 Å². The normalized spacial score (nSPS) is 36.6. The highest BCUT2D eigenvalue weighted by molar-refractivity contribution is 4.97. The van der Waals surface area contributed by atoms with Crippen LogP contribution >= 0.6 is 0 Å². The van der Waals surface area contributed by atoms with Crippen LogP contribution in [0.25, 0.3) is 0 Å². The minimum absolute atomic E-state index is 0.0694. The molecule has 0 aromatic carbocycles. The highest BCUT2D eigenvalue weighted by atomic mass is 16.3. The predicted molar refractivity (Wildman–Crippen MR) is 32.7 cm³/mol. The summed E-state index contributed by atoms with van der Waals surface area (Å²) in [5.41, 5.74) is 0. The first-order chi connectivity index (χ1) is 4.24. The van der Waals surface area contributed by atoms with Crippen molar-refractivity contribution in [3.05, 3.63) is 0 Å². The first-order valence-electron chi connectivity index (χ1n) is 3.02. The Morgan fingerprint density at radius 3 is 2.67 bits per heavy atom. The topological polar surface area (TPSA) is 47.3 Å². The molecule has 0 unspecified atom stereocenters. The smallest absolute Gasteiger partial charge is 0.100 e. The summed E-state index contributed by atoms with van der Waals surface area (Å²) in [5, 5.41) is 17.5. The Morgan fingerprint density at radius 2 is 2.44 bits per heavy atom. The van der Waals surface area contributed by atoms with Crippen LogP contribution in [0.5, 0.6) is 0 Å². The zero-order chi connectivity index (χ0) is 6.85. The van der Waals surface area contributed by atoms with E-state index in [1.54, 1.807) is 0 Å². The van der Waals surface area contributed by atoms with Crippen LogP contribution in [0.2, 0.25) is 0 Å². The average molecular weight is 126 g/mol. The highest BCUT2D eigenvalue weighted by Gasteiger charge is 2.27. The standard InChI is InChI=1S/C6H10N2O/c1-8-4-6(9)2-5(8)3-7/h5-6,9H,2,4H2,1H3/t5-,6+/m0/s1. The van der Waals surface area contributed by atoms with Gasteiger partial charge in [0.15, 0.2) is 0 Å². The zero-order valence-corrected chi connectivity index (χ0v) is 5.41. The lowest BCUT2D eigenvalue weighted by atomic mass is 10.2. The monoisotopic (exact) mass is 126 g/mol. The van der Waals surface area contributed by atoms with Crippen molar-refractivity contribution in [1.29, 1.82) is 5.26 Å². The van der Waals surface area contributed by atoms with Crippen molar-refractivity contribution in [1.82, 2.24) is 4.90 Å². The third kappa shape index (κ3) is 1.21. The molecule has 50 valence electrons. The van der Waals surface area contributed by atoms with Crippen molar-refractivity contribution >= 4 is 0 Å². The van der Waals surface area contributed by atoms with Crippen molar-refractivity contribution < 1.29 is 5.11 Å². The summed E-state index contributed by atoms with van der Waals surface area (Å²) in [5.74, 6) is 0. The van der Waals surface area contributed by atoms with E-state index in [4.69, 9.17) is 10.4 Å². The second-order valence-corrected chi connectivity index (χ2v) is 2.47. The molecule has 2 atom stereocenters. The molecule has 0 spiro atoms. The van der Waals surface area contributed by atoms with Gasteiger partial charge in [0.2, 0.25) is 0 Å². The number of hydrogen-bond donors (Lipinski definition) is 1. The van der Waals surface area contributed by atoms with Crippen LogP contribution in [0.15, 0.2) is 0 Å². The Balaban J connectivity index is 2.50. The number of rotatable bonds is 0. The van der Waals surface area contributed by atoms with E-state index < -0.39 is 0 Å². The number of likely N-dealkylation sites (tertiary alicyclic amines) is 1. The van der Waals surface area contributed by atoms with Gasteiger partial charge in [-0.1, -0.05) is 0 Å². The van der Waals surface area contributed by atoms with Gasteiger partial charge in [0.25, 0.3) is 0 Å². The number of hydrogen-bond acceptors (Lipinski definition) is 3. The molecule has 1 saturated heterocycles. The zero-order valence-electron chi connectivity index (χ0n) is 5.41. The van der Waals surface area contributed by atoms with Gasteiger partial charge in [0.1, 0.15) is 6.04 Å². The Hall–Kier alpha value is -0.590.